The van der Waals surface area contributed by atoms with Gasteiger partial charge in [0.15, 0.2) is 6.10 Å². The second-order valence-electron chi connectivity index (χ2n) is 17.8. The van der Waals surface area contributed by atoms with Crippen molar-refractivity contribution in [2.45, 2.75) is 271 Å². The number of allylic oxidation sites excluding steroid dienone is 10. The average molecular weight is 867 g/mol. The van der Waals surface area contributed by atoms with Gasteiger partial charge >= 0.3 is 11.9 Å². The number of ether oxygens (including phenoxy) is 3. The van der Waals surface area contributed by atoms with E-state index in [2.05, 4.69) is 81.5 Å². The Balaban J connectivity index is 4.32. The normalized spacial score (nSPS) is 12.6. The quantitative estimate of drug-likeness (QED) is 0.0346. The molecule has 0 spiro atoms. The van der Waals surface area contributed by atoms with E-state index < -0.39 is 6.10 Å². The van der Waals surface area contributed by atoms with Crippen LogP contribution in [-0.2, 0) is 23.8 Å². The van der Waals surface area contributed by atoms with Gasteiger partial charge in [0.1, 0.15) is 6.61 Å². The van der Waals surface area contributed by atoms with Crippen molar-refractivity contribution < 1.29 is 23.8 Å². The first kappa shape index (κ1) is 59.6. The van der Waals surface area contributed by atoms with Crippen LogP contribution in [0.1, 0.15) is 265 Å². The Bertz CT molecular complexity index is 1070. The van der Waals surface area contributed by atoms with Gasteiger partial charge in [-0.2, -0.15) is 0 Å². The van der Waals surface area contributed by atoms with Crippen LogP contribution in [0, 0.1) is 0 Å². The molecule has 0 N–H and O–H groups in total. The van der Waals surface area contributed by atoms with Crippen molar-refractivity contribution in [3.63, 3.8) is 0 Å². The van der Waals surface area contributed by atoms with E-state index >= 15 is 0 Å². The van der Waals surface area contributed by atoms with E-state index in [4.69, 9.17) is 14.2 Å². The van der Waals surface area contributed by atoms with Crippen molar-refractivity contribution in [2.24, 2.45) is 0 Å². The molecule has 0 aliphatic rings. The molecule has 5 nitrogen and oxygen atoms in total. The van der Waals surface area contributed by atoms with E-state index in [0.29, 0.717) is 19.4 Å². The maximum atomic E-state index is 12.8. The van der Waals surface area contributed by atoms with Crippen molar-refractivity contribution in [1.82, 2.24) is 0 Å². The van der Waals surface area contributed by atoms with E-state index in [-0.39, 0.29) is 25.2 Å². The van der Waals surface area contributed by atoms with Crippen LogP contribution < -0.4 is 0 Å². The highest BCUT2D eigenvalue weighted by Gasteiger charge is 2.17. The summed E-state index contributed by atoms with van der Waals surface area (Å²) in [5.41, 5.74) is 0. The third-order valence-electron chi connectivity index (χ3n) is 11.5. The Hall–Kier alpha value is -2.40. The van der Waals surface area contributed by atoms with Crippen LogP contribution in [0.25, 0.3) is 0 Å². The van der Waals surface area contributed by atoms with Crippen molar-refractivity contribution in [2.75, 3.05) is 19.8 Å². The second-order valence-corrected chi connectivity index (χ2v) is 17.8. The molecule has 0 aromatic carbocycles. The highest BCUT2D eigenvalue weighted by atomic mass is 16.6. The Morgan fingerprint density at radius 3 is 1.11 bits per heavy atom. The average Bonchev–Trinajstić information content (AvgIpc) is 3.27. The molecule has 5 heteroatoms. The number of hydrogen-bond donors (Lipinski definition) is 0. The van der Waals surface area contributed by atoms with Crippen LogP contribution in [0.4, 0.5) is 0 Å². The van der Waals surface area contributed by atoms with Crippen LogP contribution in [0.3, 0.4) is 0 Å². The molecular weight excluding hydrogens is 765 g/mol. The van der Waals surface area contributed by atoms with Crippen LogP contribution in [0.5, 0.6) is 0 Å². The molecule has 0 bridgehead atoms. The second kappa shape index (κ2) is 52.9. The van der Waals surface area contributed by atoms with E-state index in [1.807, 2.05) is 0 Å². The van der Waals surface area contributed by atoms with E-state index in [1.165, 1.54) is 154 Å². The summed E-state index contributed by atoms with van der Waals surface area (Å²) in [7, 11) is 0. The summed E-state index contributed by atoms with van der Waals surface area (Å²) in [4.78, 5) is 25.4. The number of carbonyl (C=O) groups excluding carboxylic acids is 2. The Kier molecular flexibility index (Phi) is 50.9. The summed E-state index contributed by atoms with van der Waals surface area (Å²) in [6.07, 6.45) is 66.5. The summed E-state index contributed by atoms with van der Waals surface area (Å²) in [6.45, 7) is 7.75. The molecule has 0 amide bonds. The summed E-state index contributed by atoms with van der Waals surface area (Å²) in [5.74, 6) is -0.422. The van der Waals surface area contributed by atoms with Gasteiger partial charge in [0, 0.05) is 19.4 Å². The first-order valence-corrected chi connectivity index (χ1v) is 26.8. The highest BCUT2D eigenvalue weighted by Crippen LogP contribution is 2.14. The molecule has 360 valence electrons. The molecule has 0 saturated heterocycles. The molecule has 1 atom stereocenters. The fourth-order valence-electron chi connectivity index (χ4n) is 7.45. The van der Waals surface area contributed by atoms with Gasteiger partial charge in [0.05, 0.1) is 6.61 Å². The lowest BCUT2D eigenvalue weighted by Crippen LogP contribution is -2.30. The van der Waals surface area contributed by atoms with Gasteiger partial charge in [-0.05, 0) is 109 Å². The molecule has 0 rings (SSSR count). The maximum absolute atomic E-state index is 12.8. The lowest BCUT2D eigenvalue weighted by molar-refractivity contribution is -0.163. The molecule has 0 fully saturated rings. The zero-order chi connectivity index (χ0) is 44.9. The lowest BCUT2D eigenvalue weighted by Gasteiger charge is -2.18. The molecule has 0 radical (unpaired) electrons. The fraction of sp³-hybridized carbons (Fsp3) is 0.789. The van der Waals surface area contributed by atoms with Gasteiger partial charge in [-0.25, -0.2) is 0 Å². The minimum absolute atomic E-state index is 0.0703. The van der Waals surface area contributed by atoms with Crippen LogP contribution in [-0.4, -0.2) is 37.9 Å². The minimum atomic E-state index is -0.552. The summed E-state index contributed by atoms with van der Waals surface area (Å²) in [5, 5.41) is 0. The molecule has 0 aliphatic carbocycles. The summed E-state index contributed by atoms with van der Waals surface area (Å²) < 4.78 is 17.4. The van der Waals surface area contributed by atoms with Gasteiger partial charge in [0.25, 0.3) is 0 Å². The smallest absolute Gasteiger partial charge is 0.306 e. The molecule has 62 heavy (non-hydrogen) atoms. The molecule has 0 aliphatic heterocycles. The topological polar surface area (TPSA) is 61.8 Å². The van der Waals surface area contributed by atoms with Crippen molar-refractivity contribution in [3.05, 3.63) is 60.8 Å². The standard InChI is InChI=1S/C57H102O5/c1-4-7-10-13-16-19-22-25-28-31-34-37-40-43-46-49-52-60-53-55(62-57(59)51-48-45-42-39-36-33-30-27-24-21-18-15-12-9-6-3)54-61-56(58)50-47-44-41-38-35-32-29-26-23-20-17-14-11-8-5-2/h16-17,19-20,25-30,55H,4-15,18,21-24,31-54H2,1-3H3/b19-16-,20-17-,28-25-,29-26-,30-27-. The van der Waals surface area contributed by atoms with Crippen molar-refractivity contribution in [1.29, 1.82) is 0 Å². The fourth-order valence-corrected chi connectivity index (χ4v) is 7.45. The third-order valence-corrected chi connectivity index (χ3v) is 11.5. The molecule has 0 saturated carbocycles. The molecule has 0 heterocycles. The number of hydrogen-bond acceptors (Lipinski definition) is 5. The number of rotatable bonds is 49. The van der Waals surface area contributed by atoms with Gasteiger partial charge in [-0.1, -0.05) is 204 Å². The Morgan fingerprint density at radius 1 is 0.355 bits per heavy atom. The molecule has 1 unspecified atom stereocenters. The minimum Gasteiger partial charge on any atom is -0.462 e. The maximum Gasteiger partial charge on any atom is 0.306 e. The third kappa shape index (κ3) is 50.2. The van der Waals surface area contributed by atoms with Gasteiger partial charge in [-0.15, -0.1) is 0 Å². The lowest BCUT2D eigenvalue weighted by atomic mass is 10.1. The SMILES string of the molecule is CCCCC/C=C\C/C=C\CCCCCCCCOCC(COC(=O)CCCCCCC/C=C\C/C=C\CCCCC)OC(=O)CCCCCCC/C=C\CCCCCCCC. The predicted octanol–water partition coefficient (Wildman–Crippen LogP) is 18.1. The van der Waals surface area contributed by atoms with Crippen molar-refractivity contribution in [3.8, 4) is 0 Å². The van der Waals surface area contributed by atoms with Crippen LogP contribution in [0.2, 0.25) is 0 Å². The number of carbonyl (C=O) groups is 2. The van der Waals surface area contributed by atoms with E-state index in [0.717, 1.165) is 77.0 Å². The predicted molar refractivity (Wildman–Crippen MR) is 270 cm³/mol. The first-order chi connectivity index (χ1) is 30.6. The zero-order valence-corrected chi connectivity index (χ0v) is 41.4. The number of esters is 2. The summed E-state index contributed by atoms with van der Waals surface area (Å²) in [6, 6.07) is 0. The van der Waals surface area contributed by atoms with E-state index in [1.54, 1.807) is 0 Å². The number of unbranched alkanes of at least 4 members (excludes halogenated alkanes) is 28. The van der Waals surface area contributed by atoms with Gasteiger partial charge in [0.2, 0.25) is 0 Å². The van der Waals surface area contributed by atoms with Crippen LogP contribution >= 0.6 is 0 Å². The molecule has 0 aromatic heterocycles. The molecular formula is C57H102O5. The highest BCUT2D eigenvalue weighted by molar-refractivity contribution is 5.70. The monoisotopic (exact) mass is 867 g/mol. The zero-order valence-electron chi connectivity index (χ0n) is 41.4. The van der Waals surface area contributed by atoms with Crippen molar-refractivity contribution >= 4 is 11.9 Å². The first-order valence-electron chi connectivity index (χ1n) is 26.8. The van der Waals surface area contributed by atoms with Crippen LogP contribution in [0.15, 0.2) is 60.8 Å². The largest absolute Gasteiger partial charge is 0.462 e. The summed E-state index contributed by atoms with van der Waals surface area (Å²) >= 11 is 0. The molecule has 0 aromatic rings. The van der Waals surface area contributed by atoms with E-state index in [9.17, 15) is 9.59 Å². The Morgan fingerprint density at radius 2 is 0.677 bits per heavy atom. The van der Waals surface area contributed by atoms with Gasteiger partial charge < -0.3 is 14.2 Å². The Labute approximate surface area is 385 Å². The van der Waals surface area contributed by atoms with Gasteiger partial charge in [-0.3, -0.25) is 9.59 Å².